The molecule has 5 aromatic carbocycles. The van der Waals surface area contributed by atoms with E-state index in [-0.39, 0.29) is 21.7 Å². The van der Waals surface area contributed by atoms with Crippen molar-refractivity contribution in [2.45, 2.75) is 144 Å². The predicted octanol–water partition coefficient (Wildman–Crippen LogP) is 15.4. The lowest BCUT2D eigenvalue weighted by atomic mass is 9.87. The molecule has 4 heteroatoms. The zero-order valence-corrected chi connectivity index (χ0v) is 37.3. The van der Waals surface area contributed by atoms with Crippen molar-refractivity contribution in [3.8, 4) is 24.7 Å². The molecule has 0 amide bonds. The Hall–Kier alpha value is -3.38. The van der Waals surface area contributed by atoms with Crippen molar-refractivity contribution in [1.29, 1.82) is 0 Å². The number of hydrogen-bond acceptors (Lipinski definition) is 4. The van der Waals surface area contributed by atoms with Crippen molar-refractivity contribution in [2.24, 2.45) is 0 Å². The van der Waals surface area contributed by atoms with Gasteiger partial charge in [-0.1, -0.05) is 191 Å². The molecule has 0 spiro atoms. The average Bonchev–Trinajstić information content (AvgIpc) is 3.09. The van der Waals surface area contributed by atoms with Crippen LogP contribution < -0.4 is 0 Å². The summed E-state index contributed by atoms with van der Waals surface area (Å²) in [5, 5.41) is 0. The summed E-state index contributed by atoms with van der Waals surface area (Å²) in [4.78, 5) is 8.63. The maximum Gasteiger partial charge on any atom is 0.0546 e. The molecule has 0 heterocycles. The molecular formula is C50H54S4. The Balaban J connectivity index is 1.77. The molecule has 0 fully saturated rings. The van der Waals surface area contributed by atoms with Gasteiger partial charge in [0.25, 0.3) is 0 Å². The third kappa shape index (κ3) is 10.1. The first-order valence-corrected chi connectivity index (χ1v) is 21.8. The molecule has 5 aromatic rings. The van der Waals surface area contributed by atoms with E-state index in [1.54, 1.807) is 47.0 Å². The maximum absolute atomic E-state index is 6.57. The highest BCUT2D eigenvalue weighted by molar-refractivity contribution is 8.04. The van der Waals surface area contributed by atoms with Crippen LogP contribution in [0, 0.1) is 24.7 Å². The zero-order valence-electron chi connectivity index (χ0n) is 34.0. The molecule has 0 aromatic heterocycles. The fourth-order valence-corrected chi connectivity index (χ4v) is 10.4. The highest BCUT2D eigenvalue weighted by Crippen LogP contribution is 2.53. The molecule has 0 aliphatic rings. The highest BCUT2D eigenvalue weighted by atomic mass is 32.2. The smallest absolute Gasteiger partial charge is 0.0546 e. The van der Waals surface area contributed by atoms with Gasteiger partial charge in [-0.3, -0.25) is 0 Å². The largest absolute Gasteiger partial charge is 0.115 e. The Bertz CT molecular complexity index is 2060. The second-order valence-electron chi connectivity index (χ2n) is 17.9. The summed E-state index contributed by atoms with van der Waals surface area (Å²) in [6.07, 6.45) is 13.1. The van der Waals surface area contributed by atoms with Crippen molar-refractivity contribution in [3.63, 3.8) is 0 Å². The third-order valence-electron chi connectivity index (χ3n) is 9.37. The van der Waals surface area contributed by atoms with Crippen LogP contribution in [0.15, 0.2) is 136 Å². The van der Waals surface area contributed by atoms with Crippen molar-refractivity contribution < 1.29 is 0 Å². The molecule has 278 valence electrons. The number of hydrogen-bond donors (Lipinski definition) is 0. The maximum atomic E-state index is 6.57. The summed E-state index contributed by atoms with van der Waals surface area (Å²) in [5.74, 6) is 6.32. The Morgan fingerprint density at radius 2 is 0.519 bits per heavy atom. The van der Waals surface area contributed by atoms with Gasteiger partial charge in [0.2, 0.25) is 0 Å². The van der Waals surface area contributed by atoms with E-state index in [4.69, 9.17) is 12.8 Å². The van der Waals surface area contributed by atoms with Gasteiger partial charge >= 0.3 is 0 Å². The molecule has 0 aliphatic heterocycles. The van der Waals surface area contributed by atoms with Crippen molar-refractivity contribution in [3.05, 3.63) is 130 Å². The molecule has 5 rings (SSSR count). The summed E-state index contributed by atoms with van der Waals surface area (Å²) >= 11 is 6.89. The zero-order chi connectivity index (χ0) is 39.6. The van der Waals surface area contributed by atoms with E-state index in [9.17, 15) is 0 Å². The molecule has 0 aliphatic carbocycles. The molecule has 0 nitrogen and oxygen atoms in total. The SMILES string of the molecule is C#Cc1c(Sc2ccc(C(C)(C)C)cc2)c(C#C)c(Sc2ccc(C(C)(C)C)cc2)c(Sc2ccc(C(C)(C)C)cc2)c1Sc1ccc(C(C)(C)C)cc1. The van der Waals surface area contributed by atoms with Crippen LogP contribution in [0.4, 0.5) is 0 Å². The van der Waals surface area contributed by atoms with E-state index in [0.717, 1.165) is 50.3 Å². The molecule has 0 unspecified atom stereocenters. The molecule has 0 atom stereocenters. The fourth-order valence-electron chi connectivity index (χ4n) is 5.88. The van der Waals surface area contributed by atoms with Gasteiger partial charge in [0.15, 0.2) is 0 Å². The van der Waals surface area contributed by atoms with Crippen LogP contribution in [-0.4, -0.2) is 0 Å². The van der Waals surface area contributed by atoms with Gasteiger partial charge in [-0.15, -0.1) is 12.8 Å². The van der Waals surface area contributed by atoms with Crippen LogP contribution in [0.2, 0.25) is 0 Å². The van der Waals surface area contributed by atoms with E-state index < -0.39 is 0 Å². The molecule has 0 N–H and O–H groups in total. The van der Waals surface area contributed by atoms with Gasteiger partial charge in [0.05, 0.1) is 11.1 Å². The minimum Gasteiger partial charge on any atom is -0.115 e. The molecular weight excluding hydrogens is 729 g/mol. The summed E-state index contributed by atoms with van der Waals surface area (Å²) in [6.45, 7) is 27.0. The molecule has 0 bridgehead atoms. The molecule has 54 heavy (non-hydrogen) atoms. The third-order valence-corrected chi connectivity index (χ3v) is 14.1. The number of terminal acetylenes is 2. The first-order chi connectivity index (χ1) is 25.2. The summed E-state index contributed by atoms with van der Waals surface area (Å²) in [7, 11) is 0. The second-order valence-corrected chi connectivity index (χ2v) is 22.2. The van der Waals surface area contributed by atoms with E-state index >= 15 is 0 Å². The van der Waals surface area contributed by atoms with E-state index in [1.165, 1.54) is 22.3 Å². The summed E-state index contributed by atoms with van der Waals surface area (Å²) < 4.78 is 0. The van der Waals surface area contributed by atoms with Crippen molar-refractivity contribution in [2.75, 3.05) is 0 Å². The van der Waals surface area contributed by atoms with Crippen LogP contribution in [0.1, 0.15) is 116 Å². The lowest BCUT2D eigenvalue weighted by Gasteiger charge is -2.24. The lowest BCUT2D eigenvalue weighted by Crippen LogP contribution is -2.10. The highest BCUT2D eigenvalue weighted by Gasteiger charge is 2.27. The monoisotopic (exact) mass is 782 g/mol. The average molecular weight is 783 g/mol. The van der Waals surface area contributed by atoms with Gasteiger partial charge < -0.3 is 0 Å². The van der Waals surface area contributed by atoms with Crippen molar-refractivity contribution >= 4 is 47.0 Å². The minimum atomic E-state index is 0.0554. The summed E-state index contributed by atoms with van der Waals surface area (Å²) in [5.41, 5.74) is 7.07. The Labute approximate surface area is 343 Å². The van der Waals surface area contributed by atoms with Crippen LogP contribution in [0.25, 0.3) is 0 Å². The topological polar surface area (TPSA) is 0 Å². The van der Waals surface area contributed by atoms with E-state index in [1.807, 2.05) is 0 Å². The van der Waals surface area contributed by atoms with Gasteiger partial charge in [0.1, 0.15) is 0 Å². The van der Waals surface area contributed by atoms with E-state index in [2.05, 4.69) is 192 Å². The normalized spacial score (nSPS) is 12.3. The molecule has 0 saturated heterocycles. The standard InChI is InChI=1S/C50H54S4/c1-15-41-43(51-37-25-17-33(18-26-37)47(3,4)5)42(16-2)45(53-39-29-21-35(22-30-39)49(9,10)11)46(54-40-31-23-36(24-32-40)50(12,13)14)44(41)52-38-27-19-34(20-28-38)48(6,7)8/h1-2,17-32H,3-14H3. The Kier molecular flexibility index (Phi) is 12.7. The quantitative estimate of drug-likeness (QED) is 0.144. The number of rotatable bonds is 8. The Morgan fingerprint density at radius 3 is 0.722 bits per heavy atom. The van der Waals surface area contributed by atoms with E-state index in [0.29, 0.717) is 0 Å². The van der Waals surface area contributed by atoms with Crippen LogP contribution in [0.5, 0.6) is 0 Å². The summed E-state index contributed by atoms with van der Waals surface area (Å²) in [6, 6.07) is 35.6. The van der Waals surface area contributed by atoms with Gasteiger partial charge in [-0.05, 0) is 92.4 Å². The lowest BCUT2D eigenvalue weighted by molar-refractivity contribution is 0.589. The van der Waals surface area contributed by atoms with Crippen LogP contribution >= 0.6 is 47.0 Å². The first-order valence-electron chi connectivity index (χ1n) is 18.5. The predicted molar refractivity (Wildman–Crippen MR) is 239 cm³/mol. The van der Waals surface area contributed by atoms with Gasteiger partial charge in [-0.2, -0.15) is 0 Å². The first kappa shape index (κ1) is 41.8. The Morgan fingerprint density at radius 1 is 0.315 bits per heavy atom. The van der Waals surface area contributed by atoms with Gasteiger partial charge in [-0.25, -0.2) is 0 Å². The van der Waals surface area contributed by atoms with Gasteiger partial charge in [0, 0.05) is 39.2 Å². The van der Waals surface area contributed by atoms with Crippen LogP contribution in [0.3, 0.4) is 0 Å². The molecule has 0 radical (unpaired) electrons. The fraction of sp³-hybridized carbons (Fsp3) is 0.320. The number of benzene rings is 5. The minimum absolute atomic E-state index is 0.0554. The molecule has 0 saturated carbocycles. The van der Waals surface area contributed by atoms with Crippen molar-refractivity contribution in [1.82, 2.24) is 0 Å². The van der Waals surface area contributed by atoms with Crippen LogP contribution in [-0.2, 0) is 21.7 Å². The second kappa shape index (κ2) is 16.4.